The van der Waals surface area contributed by atoms with Crippen LogP contribution in [-0.2, 0) is 9.53 Å². The standard InChI is InChI=1S/C14H15ClN4O2/c15-13-11-5-17-14(18(11)4-3-16-13)9-1-2-10-7-21-8-12(20)19(10)6-9/h3-5,9-10H,1-2,6-8H2/t9-,10-/m0/s1. The Bertz CT molecular complexity index is 701. The lowest BCUT2D eigenvalue weighted by molar-refractivity contribution is -0.150. The molecule has 1 amide bonds. The fourth-order valence-corrected chi connectivity index (χ4v) is 3.50. The van der Waals surface area contributed by atoms with Gasteiger partial charge >= 0.3 is 0 Å². The van der Waals surface area contributed by atoms with Crippen molar-refractivity contribution in [2.75, 3.05) is 19.8 Å². The van der Waals surface area contributed by atoms with Crippen molar-refractivity contribution in [3.05, 3.63) is 29.6 Å². The fraction of sp³-hybridized carbons (Fsp3) is 0.500. The maximum atomic E-state index is 12.0. The third-order valence-corrected chi connectivity index (χ3v) is 4.66. The quantitative estimate of drug-likeness (QED) is 0.801. The number of aromatic nitrogens is 3. The minimum absolute atomic E-state index is 0.0801. The first-order valence-corrected chi connectivity index (χ1v) is 7.46. The molecule has 2 aromatic rings. The van der Waals surface area contributed by atoms with Crippen LogP contribution in [0.1, 0.15) is 24.6 Å². The maximum absolute atomic E-state index is 12.0. The molecule has 0 spiro atoms. The molecule has 2 aliphatic heterocycles. The number of hydrogen-bond acceptors (Lipinski definition) is 4. The van der Waals surface area contributed by atoms with E-state index in [9.17, 15) is 4.79 Å². The van der Waals surface area contributed by atoms with Gasteiger partial charge in [0.25, 0.3) is 0 Å². The summed E-state index contributed by atoms with van der Waals surface area (Å²) >= 11 is 6.09. The van der Waals surface area contributed by atoms with Crippen LogP contribution in [0.5, 0.6) is 0 Å². The third kappa shape index (κ3) is 2.10. The average Bonchev–Trinajstić information content (AvgIpc) is 2.93. The summed E-state index contributed by atoms with van der Waals surface area (Å²) in [7, 11) is 0. The molecule has 2 aliphatic rings. The Balaban J connectivity index is 1.67. The largest absolute Gasteiger partial charge is 0.369 e. The molecule has 4 rings (SSSR count). The average molecular weight is 307 g/mol. The van der Waals surface area contributed by atoms with E-state index in [0.29, 0.717) is 18.3 Å². The summed E-state index contributed by atoms with van der Waals surface area (Å²) in [6, 6.07) is 0.221. The molecule has 21 heavy (non-hydrogen) atoms. The van der Waals surface area contributed by atoms with Gasteiger partial charge in [0.2, 0.25) is 5.91 Å². The van der Waals surface area contributed by atoms with E-state index < -0.39 is 0 Å². The Morgan fingerprint density at radius 3 is 3.14 bits per heavy atom. The Hall–Kier alpha value is -1.66. The van der Waals surface area contributed by atoms with Crippen molar-refractivity contribution in [1.29, 1.82) is 0 Å². The van der Waals surface area contributed by atoms with Crippen molar-refractivity contribution in [3.63, 3.8) is 0 Å². The number of hydrogen-bond donors (Lipinski definition) is 0. The highest BCUT2D eigenvalue weighted by Crippen LogP contribution is 2.32. The van der Waals surface area contributed by atoms with E-state index in [1.54, 1.807) is 12.4 Å². The number of piperidine rings is 1. The van der Waals surface area contributed by atoms with Gasteiger partial charge in [-0.05, 0) is 12.8 Å². The maximum Gasteiger partial charge on any atom is 0.248 e. The van der Waals surface area contributed by atoms with E-state index >= 15 is 0 Å². The van der Waals surface area contributed by atoms with Gasteiger partial charge in [-0.1, -0.05) is 11.6 Å². The Kier molecular flexibility index (Phi) is 3.08. The zero-order valence-corrected chi connectivity index (χ0v) is 12.2. The van der Waals surface area contributed by atoms with E-state index in [1.165, 1.54) is 0 Å². The SMILES string of the molecule is O=C1COC[C@@H]2CC[C@H](c3ncc4c(Cl)nccn34)CN12. The second kappa shape index (κ2) is 4.96. The molecule has 2 saturated heterocycles. The lowest BCUT2D eigenvalue weighted by Gasteiger charge is -2.41. The summed E-state index contributed by atoms with van der Waals surface area (Å²) in [5.74, 6) is 1.26. The van der Waals surface area contributed by atoms with Crippen LogP contribution >= 0.6 is 11.6 Å². The summed E-state index contributed by atoms with van der Waals surface area (Å²) < 4.78 is 7.30. The molecule has 110 valence electrons. The van der Waals surface area contributed by atoms with E-state index in [1.807, 2.05) is 15.5 Å². The summed E-state index contributed by atoms with van der Waals surface area (Å²) in [5, 5.41) is 0.451. The number of nitrogens with zero attached hydrogens (tertiary/aromatic N) is 4. The van der Waals surface area contributed by atoms with Crippen LogP contribution in [0.3, 0.4) is 0 Å². The van der Waals surface area contributed by atoms with Crippen molar-refractivity contribution in [1.82, 2.24) is 19.3 Å². The number of carbonyl (C=O) groups is 1. The van der Waals surface area contributed by atoms with Gasteiger partial charge in [0.15, 0.2) is 5.15 Å². The monoisotopic (exact) mass is 306 g/mol. The second-order valence-electron chi connectivity index (χ2n) is 5.58. The van der Waals surface area contributed by atoms with Crippen LogP contribution in [0.15, 0.2) is 18.6 Å². The summed E-state index contributed by atoms with van der Waals surface area (Å²) in [6.45, 7) is 1.55. The molecule has 0 aliphatic carbocycles. The molecule has 4 heterocycles. The summed E-state index contributed by atoms with van der Waals surface area (Å²) in [4.78, 5) is 22.5. The van der Waals surface area contributed by atoms with Crippen LogP contribution in [0.25, 0.3) is 5.52 Å². The number of imidazole rings is 1. The van der Waals surface area contributed by atoms with Crippen molar-refractivity contribution in [2.24, 2.45) is 0 Å². The highest BCUT2D eigenvalue weighted by molar-refractivity contribution is 6.32. The number of rotatable bonds is 1. The molecule has 7 heteroatoms. The zero-order chi connectivity index (χ0) is 14.4. The van der Waals surface area contributed by atoms with Crippen LogP contribution in [0.2, 0.25) is 5.15 Å². The third-order valence-electron chi connectivity index (χ3n) is 4.37. The van der Waals surface area contributed by atoms with Crippen molar-refractivity contribution in [2.45, 2.75) is 24.8 Å². The predicted octanol–water partition coefficient (Wildman–Crippen LogP) is 1.49. The first kappa shape index (κ1) is 13.0. The van der Waals surface area contributed by atoms with Crippen molar-refractivity contribution >= 4 is 23.0 Å². The normalized spacial score (nSPS) is 26.1. The molecular formula is C14H15ClN4O2. The molecule has 0 saturated carbocycles. The number of ether oxygens (including phenoxy) is 1. The first-order chi connectivity index (χ1) is 10.2. The van der Waals surface area contributed by atoms with E-state index in [0.717, 1.165) is 24.2 Å². The van der Waals surface area contributed by atoms with Gasteiger partial charge in [0, 0.05) is 24.9 Å². The lowest BCUT2D eigenvalue weighted by Crippen LogP contribution is -2.53. The number of morpholine rings is 1. The first-order valence-electron chi connectivity index (χ1n) is 7.08. The van der Waals surface area contributed by atoms with E-state index in [2.05, 4.69) is 9.97 Å². The minimum atomic E-state index is 0.0801. The van der Waals surface area contributed by atoms with Crippen LogP contribution in [-0.4, -0.2) is 51.0 Å². The fourth-order valence-electron chi connectivity index (χ4n) is 3.30. The number of carbonyl (C=O) groups excluding carboxylic acids is 1. The molecule has 0 aromatic carbocycles. The predicted molar refractivity (Wildman–Crippen MR) is 76.3 cm³/mol. The number of fused-ring (bicyclic) bond motifs is 2. The smallest absolute Gasteiger partial charge is 0.248 e. The highest BCUT2D eigenvalue weighted by Gasteiger charge is 2.36. The highest BCUT2D eigenvalue weighted by atomic mass is 35.5. The van der Waals surface area contributed by atoms with Gasteiger partial charge in [0.1, 0.15) is 17.9 Å². The second-order valence-corrected chi connectivity index (χ2v) is 5.94. The van der Waals surface area contributed by atoms with Gasteiger partial charge in [0.05, 0.1) is 18.8 Å². The lowest BCUT2D eigenvalue weighted by atomic mass is 9.91. The Labute approximate surface area is 126 Å². The van der Waals surface area contributed by atoms with Crippen LogP contribution in [0, 0.1) is 0 Å². The molecule has 0 N–H and O–H groups in total. The zero-order valence-electron chi connectivity index (χ0n) is 11.4. The van der Waals surface area contributed by atoms with E-state index in [-0.39, 0.29) is 24.5 Å². The minimum Gasteiger partial charge on any atom is -0.369 e. The van der Waals surface area contributed by atoms with Crippen molar-refractivity contribution < 1.29 is 9.53 Å². The molecular weight excluding hydrogens is 292 g/mol. The Morgan fingerprint density at radius 2 is 2.24 bits per heavy atom. The van der Waals surface area contributed by atoms with Crippen molar-refractivity contribution in [3.8, 4) is 0 Å². The molecule has 0 radical (unpaired) electrons. The number of halogens is 1. The number of amides is 1. The summed E-state index contributed by atoms with van der Waals surface area (Å²) in [5.41, 5.74) is 0.810. The molecule has 2 atom stereocenters. The van der Waals surface area contributed by atoms with Crippen LogP contribution in [0.4, 0.5) is 0 Å². The Morgan fingerprint density at radius 1 is 1.33 bits per heavy atom. The van der Waals surface area contributed by atoms with Gasteiger partial charge in [-0.2, -0.15) is 0 Å². The molecule has 2 fully saturated rings. The summed E-state index contributed by atoms with van der Waals surface area (Å²) in [6.07, 6.45) is 7.24. The van der Waals surface area contributed by atoms with Gasteiger partial charge in [-0.25, -0.2) is 9.97 Å². The van der Waals surface area contributed by atoms with Gasteiger partial charge < -0.3 is 9.64 Å². The topological polar surface area (TPSA) is 59.7 Å². The molecule has 2 aromatic heterocycles. The van der Waals surface area contributed by atoms with Gasteiger partial charge in [-0.15, -0.1) is 0 Å². The molecule has 6 nitrogen and oxygen atoms in total. The van der Waals surface area contributed by atoms with E-state index in [4.69, 9.17) is 16.3 Å². The molecule has 0 bridgehead atoms. The molecule has 0 unspecified atom stereocenters. The van der Waals surface area contributed by atoms with Crippen LogP contribution < -0.4 is 0 Å². The van der Waals surface area contributed by atoms with Gasteiger partial charge in [-0.3, -0.25) is 9.20 Å².